The van der Waals surface area contributed by atoms with Gasteiger partial charge in [0, 0.05) is 5.54 Å². The quantitative estimate of drug-likeness (QED) is 0.689. The third-order valence-electron chi connectivity index (χ3n) is 2.82. The van der Waals surface area contributed by atoms with Crippen molar-refractivity contribution in [2.45, 2.75) is 57.5 Å². The highest BCUT2D eigenvalue weighted by Crippen LogP contribution is 2.30. The van der Waals surface area contributed by atoms with Gasteiger partial charge in [0.05, 0.1) is 6.04 Å². The molecule has 1 aliphatic rings. The molecule has 0 aliphatic heterocycles. The number of amides is 1. The molecule has 3 N–H and O–H groups in total. The topological polar surface area (TPSA) is 55.1 Å². The molecule has 0 bridgehead atoms. The molecule has 0 aromatic carbocycles. The van der Waals surface area contributed by atoms with Gasteiger partial charge >= 0.3 is 0 Å². The van der Waals surface area contributed by atoms with Gasteiger partial charge in [-0.05, 0) is 32.6 Å². The molecule has 1 rings (SSSR count). The lowest BCUT2D eigenvalue weighted by Gasteiger charge is -2.39. The standard InChI is InChI=1S/C10H20N2O/c1-3-5-8(11)9(13)12-10(2)6-4-7-10/h8H,3-7,11H2,1-2H3,(H,12,13)/t8-/m0/s1. The maximum absolute atomic E-state index is 11.5. The van der Waals surface area contributed by atoms with Crippen LogP contribution in [-0.2, 0) is 4.79 Å². The first-order valence-electron chi connectivity index (χ1n) is 5.15. The monoisotopic (exact) mass is 184 g/mol. The molecule has 0 spiro atoms. The second kappa shape index (κ2) is 4.09. The van der Waals surface area contributed by atoms with Gasteiger partial charge in [-0.25, -0.2) is 0 Å². The Hall–Kier alpha value is -0.570. The first-order chi connectivity index (χ1) is 6.07. The maximum Gasteiger partial charge on any atom is 0.237 e. The minimum Gasteiger partial charge on any atom is -0.350 e. The van der Waals surface area contributed by atoms with Gasteiger partial charge in [-0.15, -0.1) is 0 Å². The van der Waals surface area contributed by atoms with Crippen molar-refractivity contribution >= 4 is 5.91 Å². The Kier molecular flexibility index (Phi) is 3.31. The molecule has 0 heterocycles. The number of carbonyl (C=O) groups is 1. The third-order valence-corrected chi connectivity index (χ3v) is 2.82. The first-order valence-corrected chi connectivity index (χ1v) is 5.15. The largest absolute Gasteiger partial charge is 0.350 e. The predicted octanol–water partition coefficient (Wildman–Crippen LogP) is 1.17. The van der Waals surface area contributed by atoms with Crippen molar-refractivity contribution in [2.75, 3.05) is 0 Å². The summed E-state index contributed by atoms with van der Waals surface area (Å²) >= 11 is 0. The van der Waals surface area contributed by atoms with Crippen molar-refractivity contribution < 1.29 is 4.79 Å². The van der Waals surface area contributed by atoms with Crippen molar-refractivity contribution in [1.29, 1.82) is 0 Å². The molecule has 3 heteroatoms. The van der Waals surface area contributed by atoms with Crippen molar-refractivity contribution in [3.63, 3.8) is 0 Å². The maximum atomic E-state index is 11.5. The number of nitrogens with two attached hydrogens (primary N) is 1. The molecule has 76 valence electrons. The molecular weight excluding hydrogens is 164 g/mol. The molecule has 1 aliphatic carbocycles. The Morgan fingerprint density at radius 2 is 2.23 bits per heavy atom. The number of nitrogens with one attached hydrogen (secondary N) is 1. The van der Waals surface area contributed by atoms with Crippen LogP contribution in [-0.4, -0.2) is 17.5 Å². The van der Waals surface area contributed by atoms with E-state index in [1.54, 1.807) is 0 Å². The lowest BCUT2D eigenvalue weighted by Crippen LogP contribution is -2.55. The zero-order valence-electron chi connectivity index (χ0n) is 8.60. The lowest BCUT2D eigenvalue weighted by atomic mass is 9.78. The van der Waals surface area contributed by atoms with Crippen LogP contribution < -0.4 is 11.1 Å². The molecular formula is C10H20N2O. The van der Waals surface area contributed by atoms with Crippen molar-refractivity contribution in [3.8, 4) is 0 Å². The van der Waals surface area contributed by atoms with Gasteiger partial charge in [0.2, 0.25) is 5.91 Å². The molecule has 1 fully saturated rings. The summed E-state index contributed by atoms with van der Waals surface area (Å²) in [7, 11) is 0. The summed E-state index contributed by atoms with van der Waals surface area (Å²) in [5.41, 5.74) is 5.75. The van der Waals surface area contributed by atoms with Gasteiger partial charge in [0.1, 0.15) is 0 Å². The number of carbonyl (C=O) groups excluding carboxylic acids is 1. The summed E-state index contributed by atoms with van der Waals surface area (Å²) < 4.78 is 0. The minimum atomic E-state index is -0.317. The van der Waals surface area contributed by atoms with Gasteiger partial charge < -0.3 is 11.1 Å². The van der Waals surface area contributed by atoms with Crippen LogP contribution in [0.4, 0.5) is 0 Å². The van der Waals surface area contributed by atoms with E-state index in [-0.39, 0.29) is 17.5 Å². The molecule has 0 radical (unpaired) electrons. The minimum absolute atomic E-state index is 0.0176. The summed E-state index contributed by atoms with van der Waals surface area (Å²) in [5.74, 6) is 0.0176. The molecule has 0 saturated heterocycles. The highest BCUT2D eigenvalue weighted by Gasteiger charge is 2.34. The van der Waals surface area contributed by atoms with Crippen molar-refractivity contribution in [2.24, 2.45) is 5.73 Å². The number of hydrogen-bond donors (Lipinski definition) is 2. The van der Waals surface area contributed by atoms with Gasteiger partial charge in [0.25, 0.3) is 0 Å². The Morgan fingerprint density at radius 3 is 2.62 bits per heavy atom. The Balaban J connectivity index is 2.31. The highest BCUT2D eigenvalue weighted by molar-refractivity contribution is 5.82. The summed E-state index contributed by atoms with van der Waals surface area (Å²) in [6.07, 6.45) is 5.15. The van der Waals surface area contributed by atoms with Crippen LogP contribution in [0, 0.1) is 0 Å². The van der Waals surface area contributed by atoms with E-state index in [1.165, 1.54) is 6.42 Å². The summed E-state index contributed by atoms with van der Waals surface area (Å²) in [6, 6.07) is -0.317. The second-order valence-corrected chi connectivity index (χ2v) is 4.30. The van der Waals surface area contributed by atoms with E-state index in [0.717, 1.165) is 25.7 Å². The van der Waals surface area contributed by atoms with E-state index in [1.807, 2.05) is 6.92 Å². The zero-order valence-corrected chi connectivity index (χ0v) is 8.60. The fourth-order valence-corrected chi connectivity index (χ4v) is 1.66. The Labute approximate surface area is 80.1 Å². The average molecular weight is 184 g/mol. The van der Waals surface area contributed by atoms with E-state index in [0.29, 0.717) is 0 Å². The smallest absolute Gasteiger partial charge is 0.237 e. The third kappa shape index (κ3) is 2.69. The van der Waals surface area contributed by atoms with Crippen LogP contribution in [0.15, 0.2) is 0 Å². The molecule has 0 unspecified atom stereocenters. The van der Waals surface area contributed by atoms with Crippen LogP contribution in [0.2, 0.25) is 0 Å². The van der Waals surface area contributed by atoms with Crippen molar-refractivity contribution in [1.82, 2.24) is 5.32 Å². The van der Waals surface area contributed by atoms with Gasteiger partial charge in [0.15, 0.2) is 0 Å². The molecule has 1 amide bonds. The predicted molar refractivity (Wildman–Crippen MR) is 53.3 cm³/mol. The van der Waals surface area contributed by atoms with Crippen LogP contribution in [0.25, 0.3) is 0 Å². The summed E-state index contributed by atoms with van der Waals surface area (Å²) in [4.78, 5) is 11.5. The first kappa shape index (κ1) is 10.5. The van der Waals surface area contributed by atoms with Gasteiger partial charge in [-0.3, -0.25) is 4.79 Å². The zero-order chi connectivity index (χ0) is 9.90. The second-order valence-electron chi connectivity index (χ2n) is 4.30. The van der Waals surface area contributed by atoms with E-state index in [2.05, 4.69) is 12.2 Å². The summed E-state index contributed by atoms with van der Waals surface area (Å²) in [6.45, 7) is 4.13. The van der Waals surface area contributed by atoms with E-state index < -0.39 is 0 Å². The summed E-state index contributed by atoms with van der Waals surface area (Å²) in [5, 5.41) is 3.01. The molecule has 3 nitrogen and oxygen atoms in total. The SMILES string of the molecule is CCC[C@H](N)C(=O)NC1(C)CCC1. The van der Waals surface area contributed by atoms with Crippen molar-refractivity contribution in [3.05, 3.63) is 0 Å². The highest BCUT2D eigenvalue weighted by atomic mass is 16.2. The molecule has 0 aromatic rings. The van der Waals surface area contributed by atoms with Gasteiger partial charge in [-0.2, -0.15) is 0 Å². The average Bonchev–Trinajstić information content (AvgIpc) is 2.02. The lowest BCUT2D eigenvalue weighted by molar-refractivity contribution is -0.125. The Morgan fingerprint density at radius 1 is 1.62 bits per heavy atom. The molecule has 1 saturated carbocycles. The van der Waals surface area contributed by atoms with Crippen LogP contribution in [0.5, 0.6) is 0 Å². The molecule has 0 aromatic heterocycles. The van der Waals surface area contributed by atoms with Gasteiger partial charge in [-0.1, -0.05) is 13.3 Å². The van der Waals surface area contributed by atoms with Crippen LogP contribution in [0.3, 0.4) is 0 Å². The fraction of sp³-hybridized carbons (Fsp3) is 0.900. The van der Waals surface area contributed by atoms with Crippen LogP contribution in [0.1, 0.15) is 46.0 Å². The molecule has 1 atom stereocenters. The normalized spacial score (nSPS) is 21.8. The number of hydrogen-bond acceptors (Lipinski definition) is 2. The van der Waals surface area contributed by atoms with E-state index in [4.69, 9.17) is 5.73 Å². The van der Waals surface area contributed by atoms with E-state index >= 15 is 0 Å². The van der Waals surface area contributed by atoms with E-state index in [9.17, 15) is 4.79 Å². The van der Waals surface area contributed by atoms with Crippen LogP contribution >= 0.6 is 0 Å². The fourth-order valence-electron chi connectivity index (χ4n) is 1.66. The Bertz CT molecular complexity index is 187. The number of rotatable bonds is 4. The molecule has 13 heavy (non-hydrogen) atoms.